The lowest BCUT2D eigenvalue weighted by Crippen LogP contribution is -2.40. The Kier molecular flexibility index (Phi) is 4.23. The molecule has 0 aromatic heterocycles. The first-order chi connectivity index (χ1) is 8.58. The molecule has 18 heavy (non-hydrogen) atoms. The van der Waals surface area contributed by atoms with Crippen molar-refractivity contribution in [1.82, 2.24) is 5.32 Å². The van der Waals surface area contributed by atoms with Crippen LogP contribution < -0.4 is 5.32 Å². The molecule has 0 amide bonds. The quantitative estimate of drug-likeness (QED) is 0.862. The zero-order valence-corrected chi connectivity index (χ0v) is 11.1. The van der Waals surface area contributed by atoms with Crippen molar-refractivity contribution in [2.75, 3.05) is 0 Å². The minimum Gasteiger partial charge on any atom is -0.505 e. The van der Waals surface area contributed by atoms with Crippen LogP contribution in [0.5, 0.6) is 5.75 Å². The molecule has 3 atom stereocenters. The summed E-state index contributed by atoms with van der Waals surface area (Å²) in [5, 5.41) is 12.7. The van der Waals surface area contributed by atoms with Gasteiger partial charge in [0.15, 0.2) is 11.6 Å². The third kappa shape index (κ3) is 3.02. The van der Waals surface area contributed by atoms with Crippen molar-refractivity contribution in [3.8, 4) is 5.75 Å². The molecule has 0 radical (unpaired) electrons. The van der Waals surface area contributed by atoms with Gasteiger partial charge in [-0.1, -0.05) is 32.8 Å². The van der Waals surface area contributed by atoms with Crippen molar-refractivity contribution in [2.45, 2.75) is 45.7 Å². The Hall–Kier alpha value is -1.09. The second-order valence-electron chi connectivity index (χ2n) is 5.54. The van der Waals surface area contributed by atoms with Crippen molar-refractivity contribution < 1.29 is 9.50 Å². The van der Waals surface area contributed by atoms with Gasteiger partial charge in [0.2, 0.25) is 0 Å². The highest BCUT2D eigenvalue weighted by atomic mass is 19.1. The molecule has 0 bridgehead atoms. The molecule has 1 aliphatic carbocycles. The smallest absolute Gasteiger partial charge is 0.165 e. The van der Waals surface area contributed by atoms with E-state index in [1.54, 1.807) is 6.07 Å². The molecule has 0 spiro atoms. The average molecular weight is 251 g/mol. The predicted molar refractivity (Wildman–Crippen MR) is 70.9 cm³/mol. The number of phenols is 1. The van der Waals surface area contributed by atoms with Gasteiger partial charge in [0, 0.05) is 12.6 Å². The largest absolute Gasteiger partial charge is 0.505 e. The van der Waals surface area contributed by atoms with Gasteiger partial charge in [0.1, 0.15) is 0 Å². The van der Waals surface area contributed by atoms with Gasteiger partial charge >= 0.3 is 0 Å². The highest BCUT2D eigenvalue weighted by Gasteiger charge is 2.26. The molecule has 0 aliphatic heterocycles. The van der Waals surface area contributed by atoms with Crippen LogP contribution in [0.4, 0.5) is 4.39 Å². The van der Waals surface area contributed by atoms with Crippen LogP contribution in [0.15, 0.2) is 18.2 Å². The SMILES string of the molecule is CC1CCCC(NCc2ccc(O)c(F)c2)C1C. The van der Waals surface area contributed by atoms with Crippen LogP contribution in [0.2, 0.25) is 0 Å². The molecule has 1 fully saturated rings. The Morgan fingerprint density at radius 1 is 1.33 bits per heavy atom. The molecule has 2 nitrogen and oxygen atoms in total. The molecule has 1 saturated carbocycles. The molecule has 0 saturated heterocycles. The number of aromatic hydroxyl groups is 1. The minimum absolute atomic E-state index is 0.279. The number of hydrogen-bond donors (Lipinski definition) is 2. The highest BCUT2D eigenvalue weighted by Crippen LogP contribution is 2.29. The topological polar surface area (TPSA) is 32.3 Å². The first-order valence-corrected chi connectivity index (χ1v) is 6.78. The van der Waals surface area contributed by atoms with Crippen molar-refractivity contribution in [1.29, 1.82) is 0 Å². The second kappa shape index (κ2) is 5.70. The van der Waals surface area contributed by atoms with E-state index in [1.807, 2.05) is 0 Å². The summed E-state index contributed by atoms with van der Waals surface area (Å²) in [7, 11) is 0. The molecule has 3 unspecified atom stereocenters. The summed E-state index contributed by atoms with van der Waals surface area (Å²) in [6.07, 6.45) is 3.78. The van der Waals surface area contributed by atoms with Gasteiger partial charge in [-0.05, 0) is 36.0 Å². The standard InChI is InChI=1S/C15H22FNO/c1-10-4-3-5-14(11(10)2)17-9-12-6-7-15(18)13(16)8-12/h6-8,10-11,14,17-18H,3-5,9H2,1-2H3. The van der Waals surface area contributed by atoms with Crippen LogP contribution in [0.3, 0.4) is 0 Å². The van der Waals surface area contributed by atoms with E-state index in [2.05, 4.69) is 19.2 Å². The monoisotopic (exact) mass is 251 g/mol. The highest BCUT2D eigenvalue weighted by molar-refractivity contribution is 5.27. The van der Waals surface area contributed by atoms with Gasteiger partial charge in [-0.3, -0.25) is 0 Å². The maximum atomic E-state index is 13.2. The van der Waals surface area contributed by atoms with Crippen LogP contribution in [0.1, 0.15) is 38.7 Å². The van der Waals surface area contributed by atoms with E-state index in [0.29, 0.717) is 18.5 Å². The van der Waals surface area contributed by atoms with Crippen molar-refractivity contribution in [3.05, 3.63) is 29.6 Å². The fourth-order valence-corrected chi connectivity index (χ4v) is 2.78. The number of hydrogen-bond acceptors (Lipinski definition) is 2. The molecule has 1 aliphatic rings. The Labute approximate surface area is 108 Å². The zero-order valence-electron chi connectivity index (χ0n) is 11.1. The number of rotatable bonds is 3. The number of phenolic OH excluding ortho intramolecular Hbond substituents is 1. The lowest BCUT2D eigenvalue weighted by atomic mass is 9.78. The van der Waals surface area contributed by atoms with E-state index in [0.717, 1.165) is 11.5 Å². The third-order valence-corrected chi connectivity index (χ3v) is 4.29. The summed E-state index contributed by atoms with van der Waals surface area (Å²) in [6.45, 7) is 5.26. The minimum atomic E-state index is -0.542. The molecule has 2 rings (SSSR count). The van der Waals surface area contributed by atoms with Gasteiger partial charge in [-0.25, -0.2) is 4.39 Å². The Morgan fingerprint density at radius 2 is 2.11 bits per heavy atom. The number of halogens is 1. The molecule has 1 aromatic carbocycles. The van der Waals surface area contributed by atoms with Crippen molar-refractivity contribution >= 4 is 0 Å². The summed E-state index contributed by atoms with van der Waals surface area (Å²) >= 11 is 0. The van der Waals surface area contributed by atoms with Crippen LogP contribution in [-0.2, 0) is 6.54 Å². The predicted octanol–water partition coefficient (Wildman–Crippen LogP) is 3.45. The van der Waals surface area contributed by atoms with E-state index >= 15 is 0 Å². The van der Waals surface area contributed by atoms with Crippen LogP contribution in [0, 0.1) is 17.7 Å². The maximum absolute atomic E-state index is 13.2. The first-order valence-electron chi connectivity index (χ1n) is 6.78. The lowest BCUT2D eigenvalue weighted by Gasteiger charge is -2.34. The average Bonchev–Trinajstić information content (AvgIpc) is 2.35. The zero-order chi connectivity index (χ0) is 13.1. The van der Waals surface area contributed by atoms with E-state index in [4.69, 9.17) is 5.11 Å². The Morgan fingerprint density at radius 3 is 2.83 bits per heavy atom. The van der Waals surface area contributed by atoms with Gasteiger partial charge in [0.25, 0.3) is 0 Å². The molecule has 100 valence electrons. The molecule has 3 heteroatoms. The van der Waals surface area contributed by atoms with Crippen molar-refractivity contribution in [2.24, 2.45) is 11.8 Å². The Bertz CT molecular complexity index is 407. The summed E-state index contributed by atoms with van der Waals surface area (Å²) in [5.41, 5.74) is 0.885. The maximum Gasteiger partial charge on any atom is 0.165 e. The van der Waals surface area contributed by atoms with Gasteiger partial charge in [0.05, 0.1) is 0 Å². The van der Waals surface area contributed by atoms with E-state index in [-0.39, 0.29) is 5.75 Å². The molecule has 2 N–H and O–H groups in total. The summed E-state index contributed by atoms with van der Waals surface area (Å²) in [6, 6.07) is 5.10. The molecule has 0 heterocycles. The van der Waals surface area contributed by atoms with Crippen LogP contribution in [-0.4, -0.2) is 11.1 Å². The van der Waals surface area contributed by atoms with Gasteiger partial charge in [-0.2, -0.15) is 0 Å². The molecular formula is C15H22FNO. The van der Waals surface area contributed by atoms with E-state index < -0.39 is 5.82 Å². The second-order valence-corrected chi connectivity index (χ2v) is 5.54. The van der Waals surface area contributed by atoms with Gasteiger partial charge in [-0.15, -0.1) is 0 Å². The Balaban J connectivity index is 1.92. The van der Waals surface area contributed by atoms with E-state index in [9.17, 15) is 4.39 Å². The first kappa shape index (κ1) is 13.3. The normalized spacial score (nSPS) is 28.3. The number of nitrogens with one attached hydrogen (secondary N) is 1. The van der Waals surface area contributed by atoms with E-state index in [1.165, 1.54) is 31.4 Å². The van der Waals surface area contributed by atoms with Gasteiger partial charge < -0.3 is 10.4 Å². The molecular weight excluding hydrogens is 229 g/mol. The van der Waals surface area contributed by atoms with Crippen LogP contribution in [0.25, 0.3) is 0 Å². The van der Waals surface area contributed by atoms with Crippen molar-refractivity contribution in [3.63, 3.8) is 0 Å². The molecule has 1 aromatic rings. The summed E-state index contributed by atoms with van der Waals surface area (Å²) in [5.74, 6) is 0.603. The third-order valence-electron chi connectivity index (χ3n) is 4.29. The fourth-order valence-electron chi connectivity index (χ4n) is 2.78. The number of benzene rings is 1. The summed E-state index contributed by atoms with van der Waals surface area (Å²) in [4.78, 5) is 0. The summed E-state index contributed by atoms with van der Waals surface area (Å²) < 4.78 is 13.2. The van der Waals surface area contributed by atoms with Crippen LogP contribution >= 0.6 is 0 Å². The fraction of sp³-hybridized carbons (Fsp3) is 0.600. The lowest BCUT2D eigenvalue weighted by molar-refractivity contribution is 0.206.